The van der Waals surface area contributed by atoms with Gasteiger partial charge in [-0.3, -0.25) is 9.59 Å². The molecule has 0 bridgehead atoms. The molecular weight excluding hydrogens is 420 g/mol. The number of ether oxygens (including phenoxy) is 1. The number of benzene rings is 1. The molecule has 0 aliphatic rings. The van der Waals surface area contributed by atoms with Crippen LogP contribution < -0.4 is 10.6 Å². The van der Waals surface area contributed by atoms with Gasteiger partial charge in [-0.25, -0.2) is 18.6 Å². The van der Waals surface area contributed by atoms with Gasteiger partial charge in [0.2, 0.25) is 5.91 Å². The molecule has 2 aromatic rings. The highest BCUT2D eigenvalue weighted by Gasteiger charge is 2.26. The minimum Gasteiger partial charge on any atom is -0.465 e. The molecule has 1 heterocycles. The number of aromatic nitrogens is 1. The number of carbonyl (C=O) groups excluding carboxylic acids is 3. The average Bonchev–Trinajstić information content (AvgIpc) is 3.05. The van der Waals surface area contributed by atoms with Gasteiger partial charge in [0.1, 0.15) is 22.6 Å². The highest BCUT2D eigenvalue weighted by Crippen LogP contribution is 2.24. The summed E-state index contributed by atoms with van der Waals surface area (Å²) in [4.78, 5) is 40.9. The number of aliphatic hydroxyl groups excluding tert-OH is 1. The Morgan fingerprint density at radius 1 is 1.20 bits per heavy atom. The van der Waals surface area contributed by atoms with Crippen LogP contribution >= 0.6 is 11.3 Å². The van der Waals surface area contributed by atoms with Crippen LogP contribution in [-0.2, 0) is 14.3 Å². The van der Waals surface area contributed by atoms with Gasteiger partial charge in [-0.2, -0.15) is 0 Å². The fourth-order valence-corrected chi connectivity index (χ4v) is 3.50. The summed E-state index contributed by atoms with van der Waals surface area (Å²) in [6.07, 6.45) is -1.11. The molecule has 3 N–H and O–H groups in total. The third-order valence-corrected chi connectivity index (χ3v) is 5.11. The number of halogens is 2. The summed E-state index contributed by atoms with van der Waals surface area (Å²) in [6, 6.07) is 1.23. The van der Waals surface area contributed by atoms with Gasteiger partial charge >= 0.3 is 5.97 Å². The molecule has 0 saturated carbocycles. The number of nitrogens with one attached hydrogen (secondary N) is 2. The lowest BCUT2D eigenvalue weighted by molar-refractivity contribution is -0.133. The van der Waals surface area contributed by atoms with Gasteiger partial charge in [-0.15, -0.1) is 0 Å². The lowest BCUT2D eigenvalue weighted by Gasteiger charge is -2.19. The van der Waals surface area contributed by atoms with E-state index in [1.165, 1.54) is 7.11 Å². The van der Waals surface area contributed by atoms with Crippen LogP contribution in [0.25, 0.3) is 0 Å². The van der Waals surface area contributed by atoms with Crippen molar-refractivity contribution in [3.8, 4) is 0 Å². The van der Waals surface area contributed by atoms with Crippen LogP contribution in [-0.4, -0.2) is 41.0 Å². The van der Waals surface area contributed by atoms with Gasteiger partial charge in [0.15, 0.2) is 11.2 Å². The summed E-state index contributed by atoms with van der Waals surface area (Å²) >= 11 is 0.918. The van der Waals surface area contributed by atoms with Crippen molar-refractivity contribution in [3.05, 3.63) is 46.0 Å². The first-order valence-electron chi connectivity index (χ1n) is 8.97. The number of esters is 1. The van der Waals surface area contributed by atoms with E-state index in [4.69, 9.17) is 0 Å². The smallest absolute Gasteiger partial charge is 0.350 e. The molecule has 11 heteroatoms. The Hall–Kier alpha value is -2.92. The van der Waals surface area contributed by atoms with Crippen molar-refractivity contribution in [2.45, 2.75) is 38.8 Å². The second kappa shape index (κ2) is 10.2. The highest BCUT2D eigenvalue weighted by molar-refractivity contribution is 7.17. The van der Waals surface area contributed by atoms with Gasteiger partial charge in [0.05, 0.1) is 12.8 Å². The molecule has 0 fully saturated rings. The van der Waals surface area contributed by atoms with Gasteiger partial charge in [-0.05, 0) is 31.0 Å². The summed E-state index contributed by atoms with van der Waals surface area (Å²) in [5, 5.41) is 15.1. The number of amides is 2. The van der Waals surface area contributed by atoms with Gasteiger partial charge in [-0.1, -0.05) is 24.7 Å². The number of aliphatic hydroxyl groups is 1. The topological polar surface area (TPSA) is 118 Å². The molecule has 0 unspecified atom stereocenters. The third-order valence-electron chi connectivity index (χ3n) is 4.06. The number of nitrogens with zero attached hydrogens (tertiary/aromatic N) is 1. The number of hydrogen-bond acceptors (Lipinski definition) is 7. The Morgan fingerprint density at radius 2 is 1.83 bits per heavy atom. The van der Waals surface area contributed by atoms with Crippen LogP contribution in [0.5, 0.6) is 0 Å². The maximum absolute atomic E-state index is 13.3. The van der Waals surface area contributed by atoms with Crippen molar-refractivity contribution in [2.24, 2.45) is 0 Å². The number of rotatable bonds is 8. The number of thiazole rings is 1. The third kappa shape index (κ3) is 5.80. The van der Waals surface area contributed by atoms with Crippen molar-refractivity contribution in [1.29, 1.82) is 0 Å². The quantitative estimate of drug-likeness (QED) is 0.542. The standard InChI is InChI=1S/C19H21F2N3O5S/c1-4-5-13(16(26)24-19-22-9(2)15(30-19)18(28)29-3)23-17(27)14(25)10-6-11(20)8-12(21)7-10/h6-8,13-14,25H,4-5H2,1-3H3,(H,23,27)(H,22,24,26)/t13-,14-/m0/s1. The molecular formula is C19H21F2N3O5S. The number of hydrogen-bond donors (Lipinski definition) is 3. The second-order valence-electron chi connectivity index (χ2n) is 6.37. The monoisotopic (exact) mass is 441 g/mol. The molecule has 2 amide bonds. The maximum atomic E-state index is 13.3. The van der Waals surface area contributed by atoms with Crippen molar-refractivity contribution in [2.75, 3.05) is 12.4 Å². The van der Waals surface area contributed by atoms with E-state index in [1.807, 2.05) is 0 Å². The summed E-state index contributed by atoms with van der Waals surface area (Å²) < 4.78 is 31.3. The van der Waals surface area contributed by atoms with Crippen LogP contribution in [0.1, 0.15) is 46.8 Å². The Labute approximate surface area is 175 Å². The predicted octanol–water partition coefficient (Wildman–Crippen LogP) is 2.47. The van der Waals surface area contributed by atoms with E-state index >= 15 is 0 Å². The Bertz CT molecular complexity index is 930. The molecule has 1 aromatic carbocycles. The van der Waals surface area contributed by atoms with Gasteiger partial charge in [0.25, 0.3) is 5.91 Å². The Kier molecular flexibility index (Phi) is 7.95. The van der Waals surface area contributed by atoms with Crippen molar-refractivity contribution in [1.82, 2.24) is 10.3 Å². The number of methoxy groups -OCH3 is 1. The first-order valence-corrected chi connectivity index (χ1v) is 9.78. The SMILES string of the molecule is CCC[C@H](NC(=O)[C@@H](O)c1cc(F)cc(F)c1)C(=O)Nc1nc(C)c(C(=O)OC)s1. The molecule has 2 rings (SSSR count). The second-order valence-corrected chi connectivity index (χ2v) is 7.37. The molecule has 0 aliphatic carbocycles. The summed E-state index contributed by atoms with van der Waals surface area (Å²) in [7, 11) is 1.22. The normalized spacial score (nSPS) is 12.7. The van der Waals surface area contributed by atoms with E-state index in [0.717, 1.165) is 23.5 Å². The predicted molar refractivity (Wildman–Crippen MR) is 105 cm³/mol. The first-order chi connectivity index (χ1) is 14.2. The maximum Gasteiger partial charge on any atom is 0.350 e. The fraction of sp³-hybridized carbons (Fsp3) is 0.368. The molecule has 162 valence electrons. The van der Waals surface area contributed by atoms with Crippen LogP contribution in [0.15, 0.2) is 18.2 Å². The molecule has 8 nitrogen and oxygen atoms in total. The number of carbonyl (C=O) groups is 3. The molecule has 1 aromatic heterocycles. The zero-order chi connectivity index (χ0) is 22.4. The van der Waals surface area contributed by atoms with Crippen LogP contribution in [0.4, 0.5) is 13.9 Å². The number of anilines is 1. The first kappa shape index (κ1) is 23.4. The van der Waals surface area contributed by atoms with E-state index in [2.05, 4.69) is 20.4 Å². The minimum atomic E-state index is -1.87. The van der Waals surface area contributed by atoms with E-state index in [9.17, 15) is 28.3 Å². The Morgan fingerprint density at radius 3 is 2.40 bits per heavy atom. The molecule has 0 aliphatic heterocycles. The minimum absolute atomic E-state index is 0.140. The van der Waals surface area contributed by atoms with Crippen LogP contribution in [0.3, 0.4) is 0 Å². The largest absolute Gasteiger partial charge is 0.465 e. The van der Waals surface area contributed by atoms with Crippen molar-refractivity contribution in [3.63, 3.8) is 0 Å². The fourth-order valence-electron chi connectivity index (χ4n) is 2.62. The van der Waals surface area contributed by atoms with Crippen LogP contribution in [0, 0.1) is 18.6 Å². The zero-order valence-corrected chi connectivity index (χ0v) is 17.3. The van der Waals surface area contributed by atoms with E-state index in [0.29, 0.717) is 18.2 Å². The molecule has 0 spiro atoms. The molecule has 0 saturated heterocycles. The average molecular weight is 441 g/mol. The summed E-state index contributed by atoms with van der Waals surface area (Å²) in [5.74, 6) is -4.08. The van der Waals surface area contributed by atoms with Crippen LogP contribution in [0.2, 0.25) is 0 Å². The summed E-state index contributed by atoms with van der Waals surface area (Å²) in [6.45, 7) is 3.37. The van der Waals surface area contributed by atoms with Gasteiger partial charge < -0.3 is 20.5 Å². The van der Waals surface area contributed by atoms with E-state index < -0.39 is 41.6 Å². The van der Waals surface area contributed by atoms with Gasteiger partial charge in [0, 0.05) is 6.07 Å². The van der Waals surface area contributed by atoms with E-state index in [1.54, 1.807) is 13.8 Å². The lowest BCUT2D eigenvalue weighted by Crippen LogP contribution is -2.45. The van der Waals surface area contributed by atoms with E-state index in [-0.39, 0.29) is 22.0 Å². The zero-order valence-electron chi connectivity index (χ0n) is 16.5. The highest BCUT2D eigenvalue weighted by atomic mass is 32.1. The summed E-state index contributed by atoms with van der Waals surface area (Å²) in [5.41, 5.74) is 0.0979. The number of aryl methyl sites for hydroxylation is 1. The lowest BCUT2D eigenvalue weighted by atomic mass is 10.1. The Balaban J connectivity index is 2.11. The van der Waals surface area contributed by atoms with Crippen molar-refractivity contribution < 1.29 is 33.0 Å². The molecule has 2 atom stereocenters. The van der Waals surface area contributed by atoms with Crippen molar-refractivity contribution >= 4 is 34.3 Å². The molecule has 0 radical (unpaired) electrons. The molecule has 30 heavy (non-hydrogen) atoms.